The van der Waals surface area contributed by atoms with E-state index in [9.17, 15) is 39.9 Å². The number of halogens is 6. The highest BCUT2D eigenvalue weighted by Gasteiger charge is 2.73. The van der Waals surface area contributed by atoms with Crippen LogP contribution in [-0.4, -0.2) is 33.6 Å². The molecule has 3 rings (SSSR count). The number of rotatable bonds is 9. The second kappa shape index (κ2) is 11.5. The maximum atomic E-state index is 14.0. The van der Waals surface area contributed by atoms with Crippen LogP contribution in [0.15, 0.2) is 48.5 Å². The summed E-state index contributed by atoms with van der Waals surface area (Å²) in [5.41, 5.74) is -4.53. The first-order valence-corrected chi connectivity index (χ1v) is 12.7. The van der Waals surface area contributed by atoms with Crippen LogP contribution >= 0.6 is 0 Å². The average molecular weight is 551 g/mol. The summed E-state index contributed by atoms with van der Waals surface area (Å²) >= 11 is -2.31. The summed E-state index contributed by atoms with van der Waals surface area (Å²) < 4.78 is 111. The molecule has 1 aliphatic rings. The van der Waals surface area contributed by atoms with Crippen LogP contribution in [0.1, 0.15) is 54.5 Å². The van der Waals surface area contributed by atoms with Gasteiger partial charge in [-0.25, -0.2) is 0 Å². The predicted octanol–water partition coefficient (Wildman–Crippen LogP) is 6.33. The minimum absolute atomic E-state index is 0.00906. The van der Waals surface area contributed by atoms with E-state index in [-0.39, 0.29) is 18.0 Å². The molecule has 2 atom stereocenters. The van der Waals surface area contributed by atoms with Crippen molar-refractivity contribution in [3.8, 4) is 0 Å². The minimum Gasteiger partial charge on any atom is -0.772 e. The summed E-state index contributed by atoms with van der Waals surface area (Å²) in [4.78, 5) is 12.4. The fourth-order valence-electron chi connectivity index (χ4n) is 4.35. The van der Waals surface area contributed by atoms with Crippen LogP contribution in [0.25, 0.3) is 0 Å². The van der Waals surface area contributed by atoms with E-state index in [0.717, 1.165) is 25.0 Å². The number of amides is 1. The number of carbonyl (C=O) groups is 1. The summed E-state index contributed by atoms with van der Waals surface area (Å²) in [6, 6.07) is 9.47. The van der Waals surface area contributed by atoms with E-state index in [4.69, 9.17) is 4.74 Å². The Kier molecular flexibility index (Phi) is 9.07. The quantitative estimate of drug-likeness (QED) is 0.292. The molecule has 204 valence electrons. The normalized spacial score (nSPS) is 17.0. The Morgan fingerprint density at radius 2 is 1.54 bits per heavy atom. The number of hydrogen-bond donors (Lipinski definition) is 1. The maximum absolute atomic E-state index is 14.0. The lowest BCUT2D eigenvalue weighted by Crippen LogP contribution is -2.56. The summed E-state index contributed by atoms with van der Waals surface area (Å²) in [7, 11) is 0. The average Bonchev–Trinajstić information content (AvgIpc) is 3.32. The highest BCUT2D eigenvalue weighted by molar-refractivity contribution is 7.79. The van der Waals surface area contributed by atoms with E-state index in [1.807, 2.05) is 0 Å². The first-order valence-electron chi connectivity index (χ1n) is 11.6. The van der Waals surface area contributed by atoms with Crippen molar-refractivity contribution < 1.29 is 44.6 Å². The van der Waals surface area contributed by atoms with Crippen LogP contribution in [0.2, 0.25) is 0 Å². The maximum Gasteiger partial charge on any atom is 0.430 e. The molecule has 1 amide bonds. The fraction of sp³-hybridized carbons (Fsp3) is 0.480. The van der Waals surface area contributed by atoms with Gasteiger partial charge in [0.25, 0.3) is 5.60 Å². The number of ether oxygens (including phenoxy) is 1. The molecule has 1 N–H and O–H groups in total. The van der Waals surface area contributed by atoms with E-state index in [2.05, 4.69) is 5.32 Å². The topological polar surface area (TPSA) is 78.5 Å². The molecule has 0 radical (unpaired) electrons. The van der Waals surface area contributed by atoms with Crippen LogP contribution in [0.5, 0.6) is 0 Å². The highest BCUT2D eigenvalue weighted by atomic mass is 32.2. The van der Waals surface area contributed by atoms with Gasteiger partial charge in [0.05, 0.1) is 13.0 Å². The molecule has 1 saturated carbocycles. The number of carbonyl (C=O) groups excluding carboxylic acids is 1. The standard InChI is InChI=1S/C25H27F6NO4S/c1-16(37(34)35)19-8-6-17(7-9-19)14-22(33)32-21-12-10-20(11-13-21)23(24(26,27)28,25(29,30)31)36-15-18-4-2-3-5-18/h6-13,16,18H,2-5,14-15H2,1H3,(H,32,33)(H,34,35)/p-1. The Labute approximate surface area is 212 Å². The number of anilines is 1. The van der Waals surface area contributed by atoms with Gasteiger partial charge >= 0.3 is 12.4 Å². The molecule has 0 bridgehead atoms. The van der Waals surface area contributed by atoms with Gasteiger partial charge in [-0.2, -0.15) is 26.3 Å². The SMILES string of the molecule is CC(c1ccc(CC(=O)Nc2ccc(C(OCC3CCCC3)(C(F)(F)F)C(F)(F)F)cc2)cc1)S(=O)[O-]. The number of benzene rings is 2. The molecule has 0 heterocycles. The van der Waals surface area contributed by atoms with Gasteiger partial charge in [-0.15, -0.1) is 0 Å². The van der Waals surface area contributed by atoms with Gasteiger partial charge in [0.1, 0.15) is 0 Å². The van der Waals surface area contributed by atoms with Gasteiger partial charge < -0.3 is 14.6 Å². The van der Waals surface area contributed by atoms with Crippen LogP contribution in [-0.2, 0) is 32.6 Å². The lowest BCUT2D eigenvalue weighted by atomic mass is 9.91. The summed E-state index contributed by atoms with van der Waals surface area (Å²) in [5, 5.41) is 1.71. The van der Waals surface area contributed by atoms with Crippen LogP contribution < -0.4 is 5.32 Å². The molecule has 0 spiro atoms. The molecule has 5 nitrogen and oxygen atoms in total. The first kappa shape index (κ1) is 29.1. The number of hydrogen-bond acceptors (Lipinski definition) is 4. The van der Waals surface area contributed by atoms with Gasteiger partial charge in [0.15, 0.2) is 0 Å². The van der Waals surface area contributed by atoms with Crippen molar-refractivity contribution >= 4 is 22.7 Å². The van der Waals surface area contributed by atoms with E-state index in [1.54, 1.807) is 24.3 Å². The fourth-order valence-corrected chi connectivity index (χ4v) is 4.73. The van der Waals surface area contributed by atoms with Crippen LogP contribution in [0.4, 0.5) is 32.0 Å². The first-order chi connectivity index (χ1) is 17.2. The summed E-state index contributed by atoms with van der Waals surface area (Å²) in [5.74, 6) is -0.932. The zero-order valence-corrected chi connectivity index (χ0v) is 20.6. The second-order valence-electron chi connectivity index (χ2n) is 9.08. The molecule has 0 aliphatic heterocycles. The molecular weight excluding hydrogens is 524 g/mol. The third-order valence-electron chi connectivity index (χ3n) is 6.49. The minimum atomic E-state index is -5.77. The van der Waals surface area contributed by atoms with Gasteiger partial charge in [-0.05, 0) is 60.0 Å². The molecule has 2 aromatic rings. The van der Waals surface area contributed by atoms with E-state index in [0.29, 0.717) is 36.1 Å². The largest absolute Gasteiger partial charge is 0.772 e. The molecule has 2 aromatic carbocycles. The van der Waals surface area contributed by atoms with E-state index >= 15 is 0 Å². The van der Waals surface area contributed by atoms with Gasteiger partial charge in [-0.3, -0.25) is 9.00 Å². The molecule has 0 aromatic heterocycles. The molecule has 1 aliphatic carbocycles. The lowest BCUT2D eigenvalue weighted by molar-refractivity contribution is -0.391. The number of nitrogens with one attached hydrogen (secondary N) is 1. The van der Waals surface area contributed by atoms with Gasteiger partial charge in [0.2, 0.25) is 5.91 Å². The highest BCUT2D eigenvalue weighted by Crippen LogP contribution is 2.53. The summed E-state index contributed by atoms with van der Waals surface area (Å²) in [6.45, 7) is 0.834. The third kappa shape index (κ3) is 6.71. The molecule has 12 heteroatoms. The summed E-state index contributed by atoms with van der Waals surface area (Å²) in [6.07, 6.45) is -9.19. The van der Waals surface area contributed by atoms with Crippen molar-refractivity contribution in [3.63, 3.8) is 0 Å². The molecule has 2 unspecified atom stereocenters. The Bertz CT molecular complexity index is 1070. The van der Waals surface area contributed by atoms with E-state index in [1.165, 1.54) is 6.92 Å². The Morgan fingerprint density at radius 1 is 1.00 bits per heavy atom. The van der Waals surface area contributed by atoms with Crippen molar-refractivity contribution in [3.05, 3.63) is 65.2 Å². The Hall–Kier alpha value is -2.44. The van der Waals surface area contributed by atoms with Crippen molar-refractivity contribution in [1.29, 1.82) is 0 Å². The van der Waals surface area contributed by atoms with Crippen molar-refractivity contribution in [2.45, 2.75) is 62.2 Å². The molecular formula is C25H26F6NO4S-. The van der Waals surface area contributed by atoms with Crippen molar-refractivity contribution in [2.75, 3.05) is 11.9 Å². The van der Waals surface area contributed by atoms with Crippen LogP contribution in [0, 0.1) is 5.92 Å². The van der Waals surface area contributed by atoms with Gasteiger partial charge in [0, 0.05) is 16.5 Å². The van der Waals surface area contributed by atoms with Crippen LogP contribution in [0.3, 0.4) is 0 Å². The number of alkyl halides is 6. The van der Waals surface area contributed by atoms with Crippen molar-refractivity contribution in [1.82, 2.24) is 0 Å². The Balaban J connectivity index is 1.75. The monoisotopic (exact) mass is 550 g/mol. The van der Waals surface area contributed by atoms with Crippen molar-refractivity contribution in [2.24, 2.45) is 5.92 Å². The Morgan fingerprint density at radius 3 is 2.03 bits per heavy atom. The molecule has 0 saturated heterocycles. The second-order valence-corrected chi connectivity index (χ2v) is 10.3. The predicted molar refractivity (Wildman–Crippen MR) is 124 cm³/mol. The zero-order valence-electron chi connectivity index (χ0n) is 19.8. The zero-order chi connectivity index (χ0) is 27.4. The lowest BCUT2D eigenvalue weighted by Gasteiger charge is -2.38. The van der Waals surface area contributed by atoms with Gasteiger partial charge in [-0.1, -0.05) is 49.2 Å². The smallest absolute Gasteiger partial charge is 0.430 e. The molecule has 1 fully saturated rings. The molecule has 37 heavy (non-hydrogen) atoms. The van der Waals surface area contributed by atoms with E-state index < -0.39 is 52.4 Å². The third-order valence-corrected chi connectivity index (χ3v) is 7.34.